The minimum Gasteiger partial charge on any atom is -0.370 e. The van der Waals surface area contributed by atoms with Gasteiger partial charge in [0.15, 0.2) is 0 Å². The van der Waals surface area contributed by atoms with E-state index in [1.807, 2.05) is 23.1 Å². The van der Waals surface area contributed by atoms with Crippen LogP contribution in [-0.2, 0) is 4.74 Å². The van der Waals surface area contributed by atoms with Crippen LogP contribution in [0.25, 0.3) is 0 Å². The van der Waals surface area contributed by atoms with Crippen LogP contribution in [0.2, 0.25) is 0 Å². The number of halogens is 1. The second-order valence-corrected chi connectivity index (χ2v) is 6.57. The highest BCUT2D eigenvalue weighted by molar-refractivity contribution is 9.10. The molecule has 1 unspecified atom stereocenters. The molecular formula is C17H25BrN2O2. The van der Waals surface area contributed by atoms with Gasteiger partial charge in [-0.15, -0.1) is 0 Å². The van der Waals surface area contributed by atoms with Crippen LogP contribution in [0.4, 0.5) is 4.79 Å². The lowest BCUT2D eigenvalue weighted by atomic mass is 10.1. The molecular weight excluding hydrogens is 344 g/mol. The van der Waals surface area contributed by atoms with Crippen molar-refractivity contribution in [2.75, 3.05) is 26.2 Å². The van der Waals surface area contributed by atoms with E-state index in [1.54, 1.807) is 0 Å². The van der Waals surface area contributed by atoms with Crippen LogP contribution in [0.3, 0.4) is 0 Å². The number of nitrogens with one attached hydrogen (secondary N) is 1. The number of rotatable bonds is 6. The zero-order valence-electron chi connectivity index (χ0n) is 13.2. The van der Waals surface area contributed by atoms with E-state index >= 15 is 0 Å². The second kappa shape index (κ2) is 9.16. The molecule has 4 nitrogen and oxygen atoms in total. The van der Waals surface area contributed by atoms with E-state index in [2.05, 4.69) is 34.2 Å². The van der Waals surface area contributed by atoms with Crippen LogP contribution in [0.15, 0.2) is 28.7 Å². The van der Waals surface area contributed by atoms with Crippen molar-refractivity contribution in [3.05, 3.63) is 34.3 Å². The first kappa shape index (κ1) is 17.3. The van der Waals surface area contributed by atoms with E-state index in [0.717, 1.165) is 23.0 Å². The quantitative estimate of drug-likeness (QED) is 0.767. The number of urea groups is 1. The molecule has 0 bridgehead atoms. The van der Waals surface area contributed by atoms with Crippen molar-refractivity contribution in [2.45, 2.75) is 38.7 Å². The molecule has 1 N–H and O–H groups in total. The fraction of sp³-hybridized carbons (Fsp3) is 0.588. The summed E-state index contributed by atoms with van der Waals surface area (Å²) < 4.78 is 6.85. The van der Waals surface area contributed by atoms with E-state index in [-0.39, 0.29) is 12.1 Å². The SMILES string of the molecule is CCCCCCNC(=O)N1CCOC(c2cccc(Br)c2)C1. The van der Waals surface area contributed by atoms with Crippen molar-refractivity contribution < 1.29 is 9.53 Å². The van der Waals surface area contributed by atoms with Gasteiger partial charge in [-0.05, 0) is 24.1 Å². The van der Waals surface area contributed by atoms with Crippen LogP contribution in [0.1, 0.15) is 44.3 Å². The first-order valence-electron chi connectivity index (χ1n) is 8.10. The average Bonchev–Trinajstić information content (AvgIpc) is 2.54. The molecule has 1 saturated heterocycles. The maximum atomic E-state index is 12.2. The first-order chi connectivity index (χ1) is 10.7. The molecule has 1 heterocycles. The minimum absolute atomic E-state index is 0.0276. The van der Waals surface area contributed by atoms with E-state index < -0.39 is 0 Å². The number of hydrogen-bond donors (Lipinski definition) is 1. The van der Waals surface area contributed by atoms with Crippen LogP contribution < -0.4 is 5.32 Å². The Morgan fingerprint density at radius 2 is 2.27 bits per heavy atom. The fourth-order valence-corrected chi connectivity index (χ4v) is 3.02. The van der Waals surface area contributed by atoms with Crippen LogP contribution in [0.5, 0.6) is 0 Å². The molecule has 1 atom stereocenters. The highest BCUT2D eigenvalue weighted by Gasteiger charge is 2.25. The molecule has 1 aliphatic rings. The Morgan fingerprint density at radius 1 is 1.41 bits per heavy atom. The summed E-state index contributed by atoms with van der Waals surface area (Å²) in [5.41, 5.74) is 1.11. The largest absolute Gasteiger partial charge is 0.370 e. The topological polar surface area (TPSA) is 41.6 Å². The molecule has 1 aromatic rings. The molecule has 22 heavy (non-hydrogen) atoms. The summed E-state index contributed by atoms with van der Waals surface area (Å²) in [4.78, 5) is 14.1. The van der Waals surface area contributed by atoms with Crippen molar-refractivity contribution in [1.82, 2.24) is 10.2 Å². The molecule has 1 aromatic carbocycles. The van der Waals surface area contributed by atoms with Gasteiger partial charge < -0.3 is 15.0 Å². The molecule has 0 aromatic heterocycles. The summed E-state index contributed by atoms with van der Waals surface area (Å²) in [5, 5.41) is 3.02. The number of benzene rings is 1. The van der Waals surface area contributed by atoms with E-state index in [0.29, 0.717) is 19.7 Å². The molecule has 1 aliphatic heterocycles. The Hall–Kier alpha value is -1.07. The van der Waals surface area contributed by atoms with Gasteiger partial charge in [0.1, 0.15) is 6.10 Å². The lowest BCUT2D eigenvalue weighted by Crippen LogP contribution is -2.47. The predicted molar refractivity (Wildman–Crippen MR) is 91.9 cm³/mol. The molecule has 2 rings (SSSR count). The Kier molecular flexibility index (Phi) is 7.19. The van der Waals surface area contributed by atoms with Gasteiger partial charge >= 0.3 is 6.03 Å². The summed E-state index contributed by atoms with van der Waals surface area (Å²) in [6, 6.07) is 8.11. The Balaban J connectivity index is 1.81. The van der Waals surface area contributed by atoms with Gasteiger partial charge in [-0.2, -0.15) is 0 Å². The third-order valence-corrected chi connectivity index (χ3v) is 4.37. The molecule has 1 fully saturated rings. The second-order valence-electron chi connectivity index (χ2n) is 5.65. The molecule has 0 aliphatic carbocycles. The summed E-state index contributed by atoms with van der Waals surface area (Å²) in [6.45, 7) is 4.80. The molecule has 5 heteroatoms. The highest BCUT2D eigenvalue weighted by atomic mass is 79.9. The number of nitrogens with zero attached hydrogens (tertiary/aromatic N) is 1. The molecule has 0 saturated carbocycles. The standard InChI is InChI=1S/C17H25BrN2O2/c1-2-3-4-5-9-19-17(21)20-10-11-22-16(13-20)14-7-6-8-15(18)12-14/h6-8,12,16H,2-5,9-11,13H2,1H3,(H,19,21). The number of morpholine rings is 1. The fourth-order valence-electron chi connectivity index (χ4n) is 2.60. The van der Waals surface area contributed by atoms with Crippen molar-refractivity contribution >= 4 is 22.0 Å². The summed E-state index contributed by atoms with van der Waals surface area (Å²) in [6.07, 6.45) is 4.64. The average molecular weight is 369 g/mol. The first-order valence-corrected chi connectivity index (χ1v) is 8.90. The summed E-state index contributed by atoms with van der Waals surface area (Å²) in [7, 11) is 0. The monoisotopic (exact) mass is 368 g/mol. The Labute approximate surface area is 141 Å². The van der Waals surface area contributed by atoms with Crippen LogP contribution in [-0.4, -0.2) is 37.2 Å². The highest BCUT2D eigenvalue weighted by Crippen LogP contribution is 2.24. The number of ether oxygens (including phenoxy) is 1. The smallest absolute Gasteiger partial charge is 0.317 e. The van der Waals surface area contributed by atoms with Gasteiger partial charge in [-0.25, -0.2) is 4.79 Å². The zero-order chi connectivity index (χ0) is 15.8. The minimum atomic E-state index is -0.0444. The van der Waals surface area contributed by atoms with Crippen molar-refractivity contribution in [3.63, 3.8) is 0 Å². The van der Waals surface area contributed by atoms with E-state index in [4.69, 9.17) is 4.74 Å². The number of amides is 2. The Bertz CT molecular complexity index is 481. The van der Waals surface area contributed by atoms with Crippen molar-refractivity contribution in [3.8, 4) is 0 Å². The predicted octanol–water partition coefficient (Wildman–Crippen LogP) is 4.11. The van der Waals surface area contributed by atoms with Gasteiger partial charge in [-0.1, -0.05) is 54.2 Å². The summed E-state index contributed by atoms with van der Waals surface area (Å²) in [5.74, 6) is 0. The third-order valence-electron chi connectivity index (χ3n) is 3.88. The van der Waals surface area contributed by atoms with Crippen molar-refractivity contribution in [2.24, 2.45) is 0 Å². The molecule has 122 valence electrons. The van der Waals surface area contributed by atoms with Gasteiger partial charge in [0.2, 0.25) is 0 Å². The molecule has 2 amide bonds. The molecule has 0 radical (unpaired) electrons. The van der Waals surface area contributed by atoms with Gasteiger partial charge in [0.05, 0.1) is 13.2 Å². The van der Waals surface area contributed by atoms with Crippen LogP contribution >= 0.6 is 15.9 Å². The zero-order valence-corrected chi connectivity index (χ0v) is 14.8. The third kappa shape index (κ3) is 5.29. The lowest BCUT2D eigenvalue weighted by molar-refractivity contribution is -0.0154. The Morgan fingerprint density at radius 3 is 3.05 bits per heavy atom. The van der Waals surface area contributed by atoms with Gasteiger partial charge in [0, 0.05) is 17.6 Å². The van der Waals surface area contributed by atoms with E-state index in [1.165, 1.54) is 19.3 Å². The maximum Gasteiger partial charge on any atom is 0.317 e. The van der Waals surface area contributed by atoms with Gasteiger partial charge in [-0.3, -0.25) is 0 Å². The lowest BCUT2D eigenvalue weighted by Gasteiger charge is -2.33. The maximum absolute atomic E-state index is 12.2. The molecule has 0 spiro atoms. The number of carbonyl (C=O) groups is 1. The number of unbranched alkanes of at least 4 members (excludes halogenated alkanes) is 3. The van der Waals surface area contributed by atoms with Gasteiger partial charge in [0.25, 0.3) is 0 Å². The number of carbonyl (C=O) groups excluding carboxylic acids is 1. The van der Waals surface area contributed by atoms with Crippen LogP contribution in [0, 0.1) is 0 Å². The summed E-state index contributed by atoms with van der Waals surface area (Å²) >= 11 is 3.48. The van der Waals surface area contributed by atoms with Crippen molar-refractivity contribution in [1.29, 1.82) is 0 Å². The van der Waals surface area contributed by atoms with E-state index in [9.17, 15) is 4.79 Å². The number of hydrogen-bond acceptors (Lipinski definition) is 2. The normalized spacial score (nSPS) is 18.3.